The first kappa shape index (κ1) is 24.9. The van der Waals surface area contributed by atoms with E-state index in [1.54, 1.807) is 21.9 Å². The topological polar surface area (TPSA) is 45.7 Å². The largest absolute Gasteiger partial charge is 0.573 e. The lowest BCUT2D eigenvalue weighted by molar-refractivity contribution is -0.274. The molecule has 4 aromatic rings. The molecule has 1 aliphatic heterocycles. The Kier molecular flexibility index (Phi) is 6.57. The molecule has 3 aromatic carbocycles. The minimum absolute atomic E-state index is 0.197. The molecular weight excluding hydrogens is 511 g/mol. The third-order valence-corrected chi connectivity index (χ3v) is 8.13. The highest BCUT2D eigenvalue weighted by atomic mass is 32.1. The van der Waals surface area contributed by atoms with Crippen molar-refractivity contribution in [2.45, 2.75) is 19.5 Å². The van der Waals surface area contributed by atoms with Crippen molar-refractivity contribution >= 4 is 28.0 Å². The monoisotopic (exact) mass is 537 g/mol. The maximum Gasteiger partial charge on any atom is 0.573 e. The minimum Gasteiger partial charge on any atom is -0.406 e. The molecule has 2 atom stereocenters. The van der Waals surface area contributed by atoms with Crippen molar-refractivity contribution in [1.82, 2.24) is 14.8 Å². The number of nitrogens with zero attached hydrogens (tertiary/aromatic N) is 3. The van der Waals surface area contributed by atoms with Crippen molar-refractivity contribution in [3.05, 3.63) is 94.4 Å². The predicted molar refractivity (Wildman–Crippen MR) is 140 cm³/mol. The highest BCUT2D eigenvalue weighted by Crippen LogP contribution is 2.52. The Balaban J connectivity index is 1.11. The summed E-state index contributed by atoms with van der Waals surface area (Å²) in [6.07, 6.45) is -4.76. The number of likely N-dealkylation sites (tertiary alicyclic amines) is 1. The van der Waals surface area contributed by atoms with Crippen LogP contribution < -0.4 is 4.74 Å². The molecule has 1 saturated heterocycles. The third-order valence-electron chi connectivity index (χ3n) is 7.54. The Morgan fingerprint density at radius 3 is 2.53 bits per heavy atom. The number of benzene rings is 3. The molecule has 2 fully saturated rings. The fourth-order valence-corrected chi connectivity index (χ4v) is 6.27. The van der Waals surface area contributed by atoms with Crippen molar-refractivity contribution in [3.63, 3.8) is 0 Å². The third kappa shape index (κ3) is 5.54. The Bertz CT molecular complexity index is 1430. The number of alkyl halides is 3. The number of ether oxygens (including phenoxy) is 1. The van der Waals surface area contributed by atoms with Gasteiger partial charge >= 0.3 is 6.36 Å². The summed E-state index contributed by atoms with van der Waals surface area (Å²) in [5, 5.41) is 4.19. The zero-order valence-corrected chi connectivity index (χ0v) is 21.3. The Hall–Kier alpha value is -3.43. The van der Waals surface area contributed by atoms with Gasteiger partial charge in [0.05, 0.1) is 5.51 Å². The molecule has 1 aromatic heterocycles. The number of amides is 1. The van der Waals surface area contributed by atoms with Crippen LogP contribution in [0, 0.1) is 17.8 Å². The molecule has 1 saturated carbocycles. The molecular formula is C29H26F3N3O2S. The minimum atomic E-state index is -4.76. The first-order valence-electron chi connectivity index (χ1n) is 12.5. The van der Waals surface area contributed by atoms with Crippen molar-refractivity contribution in [3.8, 4) is 5.75 Å². The van der Waals surface area contributed by atoms with Gasteiger partial charge in [0.25, 0.3) is 5.91 Å². The quantitative estimate of drug-likeness (QED) is 0.268. The van der Waals surface area contributed by atoms with E-state index in [1.807, 2.05) is 6.07 Å². The summed E-state index contributed by atoms with van der Waals surface area (Å²) in [4.78, 5) is 21.6. The molecule has 9 heteroatoms. The number of hydrogen-bond acceptors (Lipinski definition) is 5. The summed E-state index contributed by atoms with van der Waals surface area (Å²) >= 11 is 1.34. The zero-order chi connectivity index (χ0) is 26.3. The molecule has 6 rings (SSSR count). The van der Waals surface area contributed by atoms with Crippen molar-refractivity contribution in [2.24, 2.45) is 17.8 Å². The Labute approximate surface area is 222 Å². The first-order chi connectivity index (χ1) is 18.3. The second-order valence-corrected chi connectivity index (χ2v) is 10.8. The second kappa shape index (κ2) is 10.0. The van der Waals surface area contributed by atoms with Gasteiger partial charge in [0, 0.05) is 38.1 Å². The summed E-state index contributed by atoms with van der Waals surface area (Å²) in [5.41, 5.74) is 3.85. The summed E-state index contributed by atoms with van der Waals surface area (Å²) in [6.45, 7) is 3.62. The molecule has 2 aliphatic rings. The van der Waals surface area contributed by atoms with Gasteiger partial charge in [-0.25, -0.2) is 4.98 Å². The number of halogens is 3. The maximum absolute atomic E-state index is 13.3. The van der Waals surface area contributed by atoms with Gasteiger partial charge < -0.3 is 9.64 Å². The fourth-order valence-electron chi connectivity index (χ4n) is 5.75. The van der Waals surface area contributed by atoms with Crippen LogP contribution in [0.2, 0.25) is 0 Å². The fraction of sp³-hybridized carbons (Fsp3) is 0.310. The molecule has 0 N–H and O–H groups in total. The number of piperidine rings is 1. The van der Waals surface area contributed by atoms with Crippen LogP contribution in [0.5, 0.6) is 5.75 Å². The number of hydrogen-bond donors (Lipinski definition) is 0. The smallest absolute Gasteiger partial charge is 0.406 e. The van der Waals surface area contributed by atoms with Gasteiger partial charge in [-0.3, -0.25) is 9.69 Å². The van der Waals surface area contributed by atoms with Crippen molar-refractivity contribution < 1.29 is 22.7 Å². The van der Waals surface area contributed by atoms with Gasteiger partial charge in [-0.15, -0.1) is 24.5 Å². The molecule has 196 valence electrons. The number of carbonyl (C=O) groups excluding carboxylic acids is 1. The van der Waals surface area contributed by atoms with Crippen molar-refractivity contribution in [1.29, 1.82) is 0 Å². The molecule has 2 unspecified atom stereocenters. The SMILES string of the molecule is O=C(c1cscn1)N(Cc1cccc(OC(F)(F)F)c1)CC1C2CN(Cc3ccc4ccccc4c3)CC21. The van der Waals surface area contributed by atoms with Crippen LogP contribution in [0.25, 0.3) is 10.8 Å². The maximum atomic E-state index is 13.3. The van der Waals surface area contributed by atoms with Gasteiger partial charge in [-0.05, 0) is 57.9 Å². The van der Waals surface area contributed by atoms with Crippen molar-refractivity contribution in [2.75, 3.05) is 19.6 Å². The highest BCUT2D eigenvalue weighted by Gasteiger charge is 2.55. The summed E-state index contributed by atoms with van der Waals surface area (Å²) < 4.78 is 42.2. The van der Waals surface area contributed by atoms with Crippen LogP contribution in [-0.4, -0.2) is 46.7 Å². The molecule has 2 heterocycles. The van der Waals surface area contributed by atoms with Crippen LogP contribution in [0.4, 0.5) is 13.2 Å². The summed E-state index contributed by atoms with van der Waals surface area (Å²) in [7, 11) is 0. The van der Waals surface area contributed by atoms with Crippen LogP contribution in [0.15, 0.2) is 77.6 Å². The lowest BCUT2D eigenvalue weighted by atomic mass is 10.1. The average molecular weight is 538 g/mol. The molecule has 1 amide bonds. The molecule has 0 radical (unpaired) electrons. The zero-order valence-electron chi connectivity index (χ0n) is 20.5. The number of thiazole rings is 1. The van der Waals surface area contributed by atoms with E-state index >= 15 is 0 Å². The number of fused-ring (bicyclic) bond motifs is 2. The molecule has 5 nitrogen and oxygen atoms in total. The van der Waals surface area contributed by atoms with E-state index in [4.69, 9.17) is 0 Å². The average Bonchev–Trinajstić information content (AvgIpc) is 3.27. The van der Waals surface area contributed by atoms with Gasteiger partial charge in [-0.2, -0.15) is 0 Å². The second-order valence-electron chi connectivity index (χ2n) is 10.1. The number of aromatic nitrogens is 1. The Morgan fingerprint density at radius 1 is 1.00 bits per heavy atom. The molecule has 1 aliphatic carbocycles. The van der Waals surface area contributed by atoms with E-state index in [1.165, 1.54) is 45.9 Å². The lowest BCUT2D eigenvalue weighted by Crippen LogP contribution is -2.35. The van der Waals surface area contributed by atoms with Gasteiger partial charge in [0.1, 0.15) is 11.4 Å². The van der Waals surface area contributed by atoms with E-state index in [2.05, 4.69) is 51.0 Å². The van der Waals surface area contributed by atoms with E-state index in [9.17, 15) is 18.0 Å². The van der Waals surface area contributed by atoms with E-state index in [0.29, 0.717) is 35.6 Å². The van der Waals surface area contributed by atoms with E-state index in [-0.39, 0.29) is 18.2 Å². The molecule has 38 heavy (non-hydrogen) atoms. The summed E-state index contributed by atoms with van der Waals surface area (Å²) in [5.74, 6) is 0.914. The standard InChI is InChI=1S/C29H26F3N3O2S/c30-29(31,32)37-23-7-3-4-19(11-23)13-35(28(36)27-17-38-18-33-27)16-26-24-14-34(15-25(24)26)12-20-8-9-21-5-1-2-6-22(21)10-20/h1-11,17-18,24-26H,12-16H2. The van der Waals surface area contributed by atoms with Crippen LogP contribution >= 0.6 is 11.3 Å². The van der Waals surface area contributed by atoms with Crippen LogP contribution in [0.3, 0.4) is 0 Å². The lowest BCUT2D eigenvalue weighted by Gasteiger charge is -2.25. The predicted octanol–water partition coefficient (Wildman–Crippen LogP) is 6.22. The molecule has 0 spiro atoms. The van der Waals surface area contributed by atoms with Gasteiger partial charge in [0.2, 0.25) is 0 Å². The van der Waals surface area contributed by atoms with Gasteiger partial charge in [-0.1, -0.05) is 48.5 Å². The van der Waals surface area contributed by atoms with Gasteiger partial charge in [0.15, 0.2) is 0 Å². The van der Waals surface area contributed by atoms with Crippen LogP contribution in [0.1, 0.15) is 21.6 Å². The van der Waals surface area contributed by atoms with Crippen LogP contribution in [-0.2, 0) is 13.1 Å². The highest BCUT2D eigenvalue weighted by molar-refractivity contribution is 7.07. The number of rotatable bonds is 8. The normalized spacial score (nSPS) is 20.9. The van der Waals surface area contributed by atoms with E-state index in [0.717, 1.165) is 19.6 Å². The first-order valence-corrected chi connectivity index (χ1v) is 13.5. The number of carbonyl (C=O) groups is 1. The van der Waals surface area contributed by atoms with E-state index < -0.39 is 6.36 Å². The summed E-state index contributed by atoms with van der Waals surface area (Å²) in [6, 6.07) is 20.8. The molecule has 0 bridgehead atoms. The Morgan fingerprint density at radius 2 is 1.79 bits per heavy atom.